The number of carbonyl (C=O) groups excluding carboxylic acids is 1. The molecule has 0 fully saturated rings. The molecule has 7 nitrogen and oxygen atoms in total. The molecule has 0 aliphatic rings. The second-order valence-electron chi connectivity index (χ2n) is 4.86. The molecule has 0 radical (unpaired) electrons. The molecule has 2 rings (SSSR count). The number of ether oxygens (including phenoxy) is 3. The second kappa shape index (κ2) is 8.19. The van der Waals surface area contributed by atoms with Crippen molar-refractivity contribution in [3.63, 3.8) is 0 Å². The van der Waals surface area contributed by atoms with Gasteiger partial charge in [-0.1, -0.05) is 12.1 Å². The van der Waals surface area contributed by atoms with E-state index in [4.69, 9.17) is 9.47 Å². The van der Waals surface area contributed by atoms with Crippen LogP contribution in [0.25, 0.3) is 0 Å². The van der Waals surface area contributed by atoms with Gasteiger partial charge in [-0.05, 0) is 17.7 Å². The van der Waals surface area contributed by atoms with Crippen molar-refractivity contribution in [1.82, 2.24) is 0 Å². The minimum absolute atomic E-state index is 0.311. The van der Waals surface area contributed by atoms with Crippen LogP contribution >= 0.6 is 0 Å². The molecule has 2 aromatic carbocycles. The minimum atomic E-state index is -3.24. The Bertz CT molecular complexity index is 828. The van der Waals surface area contributed by atoms with E-state index in [9.17, 15) is 28.1 Å². The third-order valence-corrected chi connectivity index (χ3v) is 3.17. The van der Waals surface area contributed by atoms with Crippen molar-refractivity contribution in [3.05, 3.63) is 63.5 Å². The molecular formula is C16H12F3NO6. The van der Waals surface area contributed by atoms with E-state index in [1.54, 1.807) is 0 Å². The fourth-order valence-corrected chi connectivity index (χ4v) is 2.06. The summed E-state index contributed by atoms with van der Waals surface area (Å²) in [6.07, 6.45) is 0. The zero-order valence-corrected chi connectivity index (χ0v) is 13.3. The van der Waals surface area contributed by atoms with Crippen LogP contribution in [0.15, 0.2) is 36.4 Å². The van der Waals surface area contributed by atoms with Gasteiger partial charge in [0, 0.05) is 6.07 Å². The summed E-state index contributed by atoms with van der Waals surface area (Å²) in [7, 11) is 1.11. The minimum Gasteiger partial charge on any atom is -0.493 e. The summed E-state index contributed by atoms with van der Waals surface area (Å²) in [6.45, 7) is -3.58. The Morgan fingerprint density at radius 3 is 2.54 bits per heavy atom. The highest BCUT2D eigenvalue weighted by Crippen LogP contribution is 2.36. The van der Waals surface area contributed by atoms with Gasteiger partial charge in [0.1, 0.15) is 18.0 Å². The van der Waals surface area contributed by atoms with Crippen LogP contribution in [0.3, 0.4) is 0 Å². The maximum Gasteiger partial charge on any atom is 0.387 e. The zero-order valence-electron chi connectivity index (χ0n) is 13.3. The lowest BCUT2D eigenvalue weighted by Gasteiger charge is -2.12. The Balaban J connectivity index is 2.30. The summed E-state index contributed by atoms with van der Waals surface area (Å²) >= 11 is 0. The van der Waals surface area contributed by atoms with Crippen molar-refractivity contribution >= 4 is 11.7 Å². The number of nitro benzene ring substituents is 1. The van der Waals surface area contributed by atoms with Crippen LogP contribution in [-0.2, 0) is 11.3 Å². The lowest BCUT2D eigenvalue weighted by Crippen LogP contribution is -2.11. The quantitative estimate of drug-likeness (QED) is 0.419. The molecule has 2 aromatic rings. The first-order valence-electron chi connectivity index (χ1n) is 7.04. The summed E-state index contributed by atoms with van der Waals surface area (Å²) in [5.41, 5.74) is -0.999. The van der Waals surface area contributed by atoms with Gasteiger partial charge in [-0.15, -0.1) is 0 Å². The van der Waals surface area contributed by atoms with Crippen LogP contribution in [0.1, 0.15) is 15.9 Å². The van der Waals surface area contributed by atoms with E-state index in [1.165, 1.54) is 18.2 Å². The van der Waals surface area contributed by atoms with Crippen LogP contribution in [0.4, 0.5) is 18.9 Å². The highest BCUT2D eigenvalue weighted by Gasteiger charge is 2.27. The van der Waals surface area contributed by atoms with Crippen LogP contribution in [0.5, 0.6) is 11.5 Å². The van der Waals surface area contributed by atoms with E-state index in [1.807, 2.05) is 0 Å². The molecule has 10 heteroatoms. The third-order valence-electron chi connectivity index (χ3n) is 3.17. The van der Waals surface area contributed by atoms with Crippen LogP contribution in [-0.4, -0.2) is 24.6 Å². The molecule has 0 aromatic heterocycles. The third kappa shape index (κ3) is 4.62. The first-order valence-corrected chi connectivity index (χ1v) is 7.04. The monoisotopic (exact) mass is 371 g/mol. The van der Waals surface area contributed by atoms with E-state index < -0.39 is 40.3 Å². The maximum absolute atomic E-state index is 13.1. The number of rotatable bonds is 7. The molecule has 0 amide bonds. The predicted octanol–water partition coefficient (Wildman–Crippen LogP) is 3.70. The van der Waals surface area contributed by atoms with Gasteiger partial charge in [-0.3, -0.25) is 10.1 Å². The number of halogens is 3. The highest BCUT2D eigenvalue weighted by molar-refractivity contribution is 5.95. The second-order valence-corrected chi connectivity index (χ2v) is 4.86. The average molecular weight is 371 g/mol. The Hall–Kier alpha value is -3.30. The predicted molar refractivity (Wildman–Crippen MR) is 81.8 cm³/mol. The molecule has 0 unspecified atom stereocenters. The van der Waals surface area contributed by atoms with Gasteiger partial charge in [-0.2, -0.15) is 8.78 Å². The van der Waals surface area contributed by atoms with Crippen molar-refractivity contribution in [2.75, 3.05) is 7.11 Å². The summed E-state index contributed by atoms with van der Waals surface area (Å²) in [6, 6.07) is 6.73. The highest BCUT2D eigenvalue weighted by atomic mass is 19.3. The summed E-state index contributed by atoms with van der Waals surface area (Å²) in [5, 5.41) is 11.1. The van der Waals surface area contributed by atoms with E-state index in [0.717, 1.165) is 19.2 Å². The van der Waals surface area contributed by atoms with E-state index >= 15 is 0 Å². The van der Waals surface area contributed by atoms with Gasteiger partial charge in [0.05, 0.1) is 18.1 Å². The van der Waals surface area contributed by atoms with Crippen molar-refractivity contribution in [3.8, 4) is 11.5 Å². The van der Waals surface area contributed by atoms with Crippen LogP contribution in [0, 0.1) is 15.9 Å². The molecule has 0 aliphatic carbocycles. The number of carbonyl (C=O) groups is 1. The van der Waals surface area contributed by atoms with Gasteiger partial charge in [-0.25, -0.2) is 9.18 Å². The van der Waals surface area contributed by atoms with Crippen molar-refractivity contribution in [2.45, 2.75) is 13.2 Å². The Morgan fingerprint density at radius 2 is 1.96 bits per heavy atom. The number of nitrogens with zero attached hydrogens (tertiary/aromatic N) is 1. The fraction of sp³-hybridized carbons (Fsp3) is 0.188. The van der Waals surface area contributed by atoms with Gasteiger partial charge < -0.3 is 14.2 Å². The topological polar surface area (TPSA) is 87.9 Å². The van der Waals surface area contributed by atoms with E-state index in [0.29, 0.717) is 11.6 Å². The summed E-state index contributed by atoms with van der Waals surface area (Å²) in [4.78, 5) is 22.4. The molecule has 0 spiro atoms. The molecule has 0 atom stereocenters. The van der Waals surface area contributed by atoms with Crippen LogP contribution in [0.2, 0.25) is 0 Å². The number of benzene rings is 2. The van der Waals surface area contributed by atoms with Crippen molar-refractivity contribution in [2.24, 2.45) is 0 Å². The number of hydrogen-bond donors (Lipinski definition) is 0. The van der Waals surface area contributed by atoms with Crippen LogP contribution < -0.4 is 9.47 Å². The number of esters is 1. The lowest BCUT2D eigenvalue weighted by atomic mass is 10.1. The molecule has 0 heterocycles. The van der Waals surface area contributed by atoms with Gasteiger partial charge >= 0.3 is 12.6 Å². The maximum atomic E-state index is 13.1. The lowest BCUT2D eigenvalue weighted by molar-refractivity contribution is -0.385. The molecule has 26 heavy (non-hydrogen) atoms. The molecule has 0 saturated heterocycles. The number of nitro groups is 1. The molecule has 0 bridgehead atoms. The first-order chi connectivity index (χ1) is 12.3. The number of hydrogen-bond acceptors (Lipinski definition) is 6. The molecule has 0 N–H and O–H groups in total. The average Bonchev–Trinajstić information content (AvgIpc) is 2.58. The molecule has 138 valence electrons. The smallest absolute Gasteiger partial charge is 0.387 e. The SMILES string of the molecule is COc1cc(C(=O)OCc2cccc(F)c2)c([N+](=O)[O-])cc1OC(F)F. The number of alkyl halides is 2. The van der Waals surface area contributed by atoms with E-state index in [2.05, 4.69) is 4.74 Å². The first kappa shape index (κ1) is 19.0. The van der Waals surface area contributed by atoms with Gasteiger partial charge in [0.25, 0.3) is 5.69 Å². The fourth-order valence-electron chi connectivity index (χ4n) is 2.06. The zero-order chi connectivity index (χ0) is 19.3. The standard InChI is InChI=1S/C16H12F3NO6/c1-24-13-6-11(12(20(22)23)7-14(13)26-16(18)19)15(21)25-8-9-3-2-4-10(17)5-9/h2-7,16H,8H2,1H3. The molecular weight excluding hydrogens is 359 g/mol. The molecule has 0 aliphatic heterocycles. The summed E-state index contributed by atoms with van der Waals surface area (Å²) < 4.78 is 51.8. The Labute approximate surface area is 145 Å². The normalized spacial score (nSPS) is 10.5. The largest absolute Gasteiger partial charge is 0.493 e. The van der Waals surface area contributed by atoms with E-state index in [-0.39, 0.29) is 12.4 Å². The Kier molecular flexibility index (Phi) is 5.99. The van der Waals surface area contributed by atoms with Crippen molar-refractivity contribution in [1.29, 1.82) is 0 Å². The van der Waals surface area contributed by atoms with Crippen molar-refractivity contribution < 1.29 is 37.1 Å². The number of methoxy groups -OCH3 is 1. The summed E-state index contributed by atoms with van der Waals surface area (Å²) in [5.74, 6) is -2.56. The Morgan fingerprint density at radius 1 is 1.23 bits per heavy atom. The van der Waals surface area contributed by atoms with Gasteiger partial charge in [0.15, 0.2) is 11.5 Å². The van der Waals surface area contributed by atoms with Gasteiger partial charge in [0.2, 0.25) is 0 Å². The molecule has 0 saturated carbocycles.